The smallest absolute Gasteiger partial charge is 0.252 e. The number of benzene rings is 2. The molecule has 0 radical (unpaired) electrons. The summed E-state index contributed by atoms with van der Waals surface area (Å²) in [6, 6.07) is 14.3. The van der Waals surface area contributed by atoms with Gasteiger partial charge < -0.3 is 10.3 Å². The van der Waals surface area contributed by atoms with Crippen molar-refractivity contribution in [1.82, 2.24) is 4.98 Å². The van der Waals surface area contributed by atoms with Crippen LogP contribution in [-0.2, 0) is 0 Å². The molecule has 1 aliphatic heterocycles. The molecule has 0 bridgehead atoms. The molecule has 3 nitrogen and oxygen atoms in total. The van der Waals surface area contributed by atoms with Crippen molar-refractivity contribution < 1.29 is 13.2 Å². The molecule has 0 saturated heterocycles. The molecule has 2 aromatic carbocycles. The maximum Gasteiger partial charge on any atom is 0.252 e. The van der Waals surface area contributed by atoms with Gasteiger partial charge in [0, 0.05) is 6.21 Å². The lowest BCUT2D eigenvalue weighted by molar-refractivity contribution is 0.447. The first-order valence-corrected chi connectivity index (χ1v) is 7.83. The van der Waals surface area contributed by atoms with Crippen molar-refractivity contribution in [3.63, 3.8) is 0 Å². The minimum absolute atomic E-state index is 0.303. The SMILES string of the molecule is N=Cc1c(F)c(F)nc(F)c1N1c2ccccc2C=Cc2ccccc21. The van der Waals surface area contributed by atoms with Crippen molar-refractivity contribution >= 4 is 35.4 Å². The van der Waals surface area contributed by atoms with E-state index in [0.29, 0.717) is 17.6 Å². The largest absolute Gasteiger partial charge is 0.308 e. The molecule has 1 N–H and O–H groups in total. The van der Waals surface area contributed by atoms with Crippen LogP contribution in [0.15, 0.2) is 48.5 Å². The molecule has 0 atom stereocenters. The standard InChI is InChI=1S/C20H12F3N3/c21-17-14(11-24)18(20(23)25-19(17)22)26-15-7-3-1-5-12(15)9-10-13-6-2-4-8-16(13)26/h1-11,24H. The Hall–Kier alpha value is -3.41. The zero-order valence-electron chi connectivity index (χ0n) is 13.4. The van der Waals surface area contributed by atoms with Crippen molar-refractivity contribution in [1.29, 1.82) is 5.41 Å². The second kappa shape index (κ2) is 6.15. The zero-order valence-corrected chi connectivity index (χ0v) is 13.4. The summed E-state index contributed by atoms with van der Waals surface area (Å²) in [4.78, 5) is 4.53. The Labute approximate surface area is 147 Å². The predicted octanol–water partition coefficient (Wildman–Crippen LogP) is 5.45. The molecule has 6 heteroatoms. The highest BCUT2D eigenvalue weighted by molar-refractivity contribution is 5.97. The van der Waals surface area contributed by atoms with E-state index in [1.54, 1.807) is 24.3 Å². The maximum absolute atomic E-state index is 14.7. The first-order valence-electron chi connectivity index (χ1n) is 7.83. The number of aromatic nitrogens is 1. The predicted molar refractivity (Wildman–Crippen MR) is 95.6 cm³/mol. The molecular formula is C20H12F3N3. The maximum atomic E-state index is 14.7. The lowest BCUT2D eigenvalue weighted by Gasteiger charge is -2.28. The third kappa shape index (κ3) is 2.38. The second-order valence-electron chi connectivity index (χ2n) is 5.70. The van der Waals surface area contributed by atoms with Gasteiger partial charge >= 0.3 is 0 Å². The van der Waals surface area contributed by atoms with Gasteiger partial charge in [0.15, 0.2) is 5.82 Å². The summed E-state index contributed by atoms with van der Waals surface area (Å²) in [7, 11) is 0. The van der Waals surface area contributed by atoms with Crippen LogP contribution < -0.4 is 4.90 Å². The summed E-state index contributed by atoms with van der Waals surface area (Å²) in [6.07, 6.45) is 4.33. The number of nitrogens with zero attached hydrogens (tertiary/aromatic N) is 2. The number of hydrogen-bond donors (Lipinski definition) is 1. The highest BCUT2D eigenvalue weighted by atomic mass is 19.2. The van der Waals surface area contributed by atoms with E-state index in [0.717, 1.165) is 11.1 Å². The van der Waals surface area contributed by atoms with Gasteiger partial charge in [-0.1, -0.05) is 48.6 Å². The fourth-order valence-electron chi connectivity index (χ4n) is 3.07. The van der Waals surface area contributed by atoms with E-state index >= 15 is 0 Å². The number of anilines is 3. The Morgan fingerprint density at radius 1 is 0.808 bits per heavy atom. The van der Waals surface area contributed by atoms with Gasteiger partial charge in [0.25, 0.3) is 5.95 Å². The molecule has 128 valence electrons. The summed E-state index contributed by atoms with van der Waals surface area (Å²) >= 11 is 0. The molecule has 3 aromatic rings. The van der Waals surface area contributed by atoms with Crippen molar-refractivity contribution in [2.45, 2.75) is 0 Å². The quantitative estimate of drug-likeness (QED) is 0.385. The number of rotatable bonds is 2. The first-order chi connectivity index (χ1) is 12.6. The molecule has 0 aliphatic carbocycles. The lowest BCUT2D eigenvalue weighted by Crippen LogP contribution is -2.18. The number of para-hydroxylation sites is 2. The summed E-state index contributed by atoms with van der Waals surface area (Å²) in [5.41, 5.74) is 1.88. The third-order valence-electron chi connectivity index (χ3n) is 4.23. The van der Waals surface area contributed by atoms with Gasteiger partial charge in [-0.25, -0.2) is 4.39 Å². The Morgan fingerprint density at radius 3 is 1.88 bits per heavy atom. The van der Waals surface area contributed by atoms with Crippen LogP contribution in [0.2, 0.25) is 0 Å². The Balaban J connectivity index is 2.11. The molecule has 0 amide bonds. The Bertz CT molecular complexity index is 1010. The van der Waals surface area contributed by atoms with Crippen LogP contribution in [-0.4, -0.2) is 11.2 Å². The van der Waals surface area contributed by atoms with E-state index in [9.17, 15) is 13.2 Å². The highest BCUT2D eigenvalue weighted by Crippen LogP contribution is 2.43. The lowest BCUT2D eigenvalue weighted by atomic mass is 10.1. The molecule has 0 fully saturated rings. The van der Waals surface area contributed by atoms with Crippen molar-refractivity contribution in [3.05, 3.63) is 82.9 Å². The highest BCUT2D eigenvalue weighted by Gasteiger charge is 2.28. The summed E-state index contributed by atoms with van der Waals surface area (Å²) in [5.74, 6) is -4.11. The number of hydrogen-bond acceptors (Lipinski definition) is 3. The topological polar surface area (TPSA) is 40.0 Å². The summed E-state index contributed by atoms with van der Waals surface area (Å²) in [6.45, 7) is 0. The molecule has 0 unspecified atom stereocenters. The monoisotopic (exact) mass is 351 g/mol. The molecule has 1 aliphatic rings. The number of nitrogens with one attached hydrogen (secondary N) is 1. The molecule has 4 rings (SSSR count). The van der Waals surface area contributed by atoms with E-state index in [1.165, 1.54) is 4.90 Å². The summed E-state index contributed by atoms with van der Waals surface area (Å²) in [5, 5.41) is 7.49. The van der Waals surface area contributed by atoms with Gasteiger partial charge in [-0.3, -0.25) is 0 Å². The van der Waals surface area contributed by atoms with Crippen LogP contribution in [0.5, 0.6) is 0 Å². The number of fused-ring (bicyclic) bond motifs is 2. The fourth-order valence-corrected chi connectivity index (χ4v) is 3.07. The first kappa shape index (κ1) is 16.1. The number of halogens is 3. The minimum atomic E-state index is -1.57. The fraction of sp³-hybridized carbons (Fsp3) is 0. The van der Waals surface area contributed by atoms with Gasteiger partial charge in [-0.05, 0) is 23.3 Å². The Morgan fingerprint density at radius 2 is 1.35 bits per heavy atom. The van der Waals surface area contributed by atoms with Crippen LogP contribution in [0, 0.1) is 23.1 Å². The van der Waals surface area contributed by atoms with Crippen molar-refractivity contribution in [2.75, 3.05) is 4.90 Å². The van der Waals surface area contributed by atoms with Crippen LogP contribution >= 0.6 is 0 Å². The van der Waals surface area contributed by atoms with Gasteiger partial charge in [-0.2, -0.15) is 13.8 Å². The molecular weight excluding hydrogens is 339 g/mol. The molecule has 2 heterocycles. The van der Waals surface area contributed by atoms with Gasteiger partial charge in [0.2, 0.25) is 5.95 Å². The van der Waals surface area contributed by atoms with Crippen molar-refractivity contribution in [3.8, 4) is 0 Å². The van der Waals surface area contributed by atoms with Crippen LogP contribution in [0.4, 0.5) is 30.2 Å². The van der Waals surface area contributed by atoms with Gasteiger partial charge in [0.1, 0.15) is 5.69 Å². The van der Waals surface area contributed by atoms with E-state index in [2.05, 4.69) is 4.98 Å². The number of pyridine rings is 1. The third-order valence-corrected chi connectivity index (χ3v) is 4.23. The van der Waals surface area contributed by atoms with Gasteiger partial charge in [0.05, 0.1) is 16.9 Å². The van der Waals surface area contributed by atoms with Crippen LogP contribution in [0.3, 0.4) is 0 Å². The van der Waals surface area contributed by atoms with Gasteiger partial charge in [-0.15, -0.1) is 0 Å². The summed E-state index contributed by atoms with van der Waals surface area (Å²) < 4.78 is 42.5. The molecule has 0 spiro atoms. The second-order valence-corrected chi connectivity index (χ2v) is 5.70. The molecule has 1 aromatic heterocycles. The minimum Gasteiger partial charge on any atom is -0.308 e. The zero-order chi connectivity index (χ0) is 18.3. The van der Waals surface area contributed by atoms with Crippen LogP contribution in [0.1, 0.15) is 16.7 Å². The van der Waals surface area contributed by atoms with Crippen molar-refractivity contribution in [2.24, 2.45) is 0 Å². The average Bonchev–Trinajstić information content (AvgIpc) is 2.82. The van der Waals surface area contributed by atoms with Crippen LogP contribution in [0.25, 0.3) is 12.2 Å². The van der Waals surface area contributed by atoms with E-state index in [-0.39, 0.29) is 5.69 Å². The van der Waals surface area contributed by atoms with E-state index in [4.69, 9.17) is 5.41 Å². The average molecular weight is 351 g/mol. The van der Waals surface area contributed by atoms with E-state index < -0.39 is 23.3 Å². The molecule has 26 heavy (non-hydrogen) atoms. The molecule has 0 saturated carbocycles. The normalized spacial score (nSPS) is 12.3. The van der Waals surface area contributed by atoms with E-state index in [1.807, 2.05) is 36.4 Å². The Kier molecular flexibility index (Phi) is 3.80.